The Morgan fingerprint density at radius 2 is 1.41 bits per heavy atom. The fraction of sp³-hybridized carbons (Fsp3) is 0.327. The minimum absolute atomic E-state index is 0.00396. The summed E-state index contributed by atoms with van der Waals surface area (Å²) >= 11 is 0. The van der Waals surface area contributed by atoms with Crippen molar-refractivity contribution in [3.63, 3.8) is 0 Å². The van der Waals surface area contributed by atoms with E-state index in [0.29, 0.717) is 41.4 Å². The molecule has 17 heteroatoms. The Kier molecular flexibility index (Phi) is 15.9. The Hall–Kier alpha value is -6.36. The SMILES string of the molecule is COc1ccc(C(OC[C@H]2O[C@@H](n3cnc4c(NC(=O)c5ccccc5)ncnc43)[C@H](O)[C@@H]2OP(OCCN(C)c2ccccn2)N(C(C)C)C(C)C)(c2ccccc2)c2ccc(OC)cc2)cc1. The number of likely N-dealkylation sites (N-methyl/N-ethyl adjacent to an activating group) is 1. The smallest absolute Gasteiger partial charge is 0.259 e. The molecule has 16 nitrogen and oxygen atoms in total. The van der Waals surface area contributed by atoms with Crippen molar-refractivity contribution < 1.29 is 37.9 Å². The van der Waals surface area contributed by atoms with Crippen molar-refractivity contribution in [2.24, 2.45) is 0 Å². The van der Waals surface area contributed by atoms with Gasteiger partial charge in [0.2, 0.25) is 0 Å². The monoisotopic (exact) mass is 954 g/mol. The van der Waals surface area contributed by atoms with Crippen LogP contribution in [0.2, 0.25) is 0 Å². The number of benzene rings is 4. The molecule has 1 aliphatic heterocycles. The first-order chi connectivity index (χ1) is 33.5. The van der Waals surface area contributed by atoms with Gasteiger partial charge in [-0.15, -0.1) is 0 Å². The standard InChI is InChI=1S/C52H59N8O8P/c1-35(2)60(36(3)4)69(66-31-30-58(5)44-20-14-15-29-53-44)68-47-43(67-51(46(47)61)59-34-56-45-48(54-33-55-49(45)59)57-50(62)37-16-10-8-11-17-37)32-65-52(38-18-12-9-13-19-38,39-21-25-41(63-6)26-22-39)40-23-27-42(64-7)28-24-40/h8-29,33-36,43,46-47,51,61H,30-32H2,1-7H3,(H,54,55,57,62)/t43-,46-,47-,51-,69?/m1/s1. The minimum atomic E-state index is -1.83. The van der Waals surface area contributed by atoms with E-state index < -0.39 is 38.7 Å². The van der Waals surface area contributed by atoms with Gasteiger partial charge in [0.25, 0.3) is 14.4 Å². The van der Waals surface area contributed by atoms with E-state index in [9.17, 15) is 9.90 Å². The maximum Gasteiger partial charge on any atom is 0.259 e. The van der Waals surface area contributed by atoms with E-state index in [1.165, 1.54) is 12.7 Å². The van der Waals surface area contributed by atoms with Gasteiger partial charge in [0.15, 0.2) is 23.2 Å². The van der Waals surface area contributed by atoms with Crippen LogP contribution in [-0.2, 0) is 24.1 Å². The molecule has 8 rings (SSSR count). The van der Waals surface area contributed by atoms with Crippen LogP contribution in [0.3, 0.4) is 0 Å². The zero-order valence-corrected chi connectivity index (χ0v) is 40.7. The van der Waals surface area contributed by atoms with Gasteiger partial charge in [0.05, 0.1) is 33.8 Å². The predicted octanol–water partition coefficient (Wildman–Crippen LogP) is 8.64. The van der Waals surface area contributed by atoms with Crippen molar-refractivity contribution in [1.29, 1.82) is 0 Å². The normalized spacial score (nSPS) is 17.7. The molecule has 0 bridgehead atoms. The summed E-state index contributed by atoms with van der Waals surface area (Å²) in [6.07, 6.45) is 0.344. The summed E-state index contributed by atoms with van der Waals surface area (Å²) in [6.45, 7) is 9.13. The van der Waals surface area contributed by atoms with Crippen LogP contribution >= 0.6 is 8.53 Å². The molecule has 1 saturated heterocycles. The van der Waals surface area contributed by atoms with Crippen LogP contribution in [0.4, 0.5) is 11.6 Å². The number of aliphatic hydroxyl groups is 1. The van der Waals surface area contributed by atoms with E-state index >= 15 is 0 Å². The number of nitrogens with one attached hydrogen (secondary N) is 1. The lowest BCUT2D eigenvalue weighted by molar-refractivity contribution is -0.0928. The number of anilines is 2. The molecule has 1 aliphatic rings. The number of carbonyl (C=O) groups excluding carboxylic acids is 1. The largest absolute Gasteiger partial charge is 0.497 e. The number of hydrogen-bond acceptors (Lipinski definition) is 14. The highest BCUT2D eigenvalue weighted by molar-refractivity contribution is 7.44. The fourth-order valence-electron chi connectivity index (χ4n) is 8.57. The molecule has 360 valence electrons. The summed E-state index contributed by atoms with van der Waals surface area (Å²) in [5.74, 6) is 2.03. The topological polar surface area (TPSA) is 168 Å². The molecule has 0 aliphatic carbocycles. The third-order valence-electron chi connectivity index (χ3n) is 12.0. The van der Waals surface area contributed by atoms with Crippen LogP contribution < -0.4 is 19.7 Å². The Morgan fingerprint density at radius 3 is 2.00 bits per heavy atom. The van der Waals surface area contributed by atoms with Crippen molar-refractivity contribution in [3.8, 4) is 11.5 Å². The van der Waals surface area contributed by atoms with E-state index in [4.69, 9.17) is 28.0 Å². The average molecular weight is 955 g/mol. The maximum absolute atomic E-state index is 13.3. The Morgan fingerprint density at radius 1 is 0.797 bits per heavy atom. The number of amides is 1. The third kappa shape index (κ3) is 10.8. The van der Waals surface area contributed by atoms with Crippen LogP contribution in [0.5, 0.6) is 11.5 Å². The highest BCUT2D eigenvalue weighted by Crippen LogP contribution is 2.51. The summed E-state index contributed by atoms with van der Waals surface area (Å²) < 4.78 is 43.2. The molecule has 1 amide bonds. The fourth-order valence-corrected chi connectivity index (χ4v) is 10.3. The molecular formula is C52H59N8O8P. The van der Waals surface area contributed by atoms with Crippen molar-refractivity contribution in [1.82, 2.24) is 29.2 Å². The third-order valence-corrected chi connectivity index (χ3v) is 14.1. The van der Waals surface area contributed by atoms with Gasteiger partial charge < -0.3 is 43.3 Å². The van der Waals surface area contributed by atoms with Gasteiger partial charge in [-0.25, -0.2) is 24.6 Å². The Labute approximate surface area is 404 Å². The van der Waals surface area contributed by atoms with Crippen LogP contribution in [0.25, 0.3) is 11.2 Å². The summed E-state index contributed by atoms with van der Waals surface area (Å²) in [6, 6.07) is 40.2. The summed E-state index contributed by atoms with van der Waals surface area (Å²) in [4.78, 5) is 33.4. The number of pyridine rings is 1. The zero-order chi connectivity index (χ0) is 48.5. The number of methoxy groups -OCH3 is 2. The number of aromatic nitrogens is 5. The molecule has 1 fully saturated rings. The van der Waals surface area contributed by atoms with Crippen molar-refractivity contribution >= 4 is 37.2 Å². The molecule has 0 spiro atoms. The van der Waals surface area contributed by atoms with Gasteiger partial charge in [-0.1, -0.05) is 78.9 Å². The second kappa shape index (κ2) is 22.4. The van der Waals surface area contributed by atoms with E-state index in [0.717, 1.165) is 22.5 Å². The lowest BCUT2D eigenvalue weighted by atomic mass is 9.80. The number of fused-ring (bicyclic) bond motifs is 1. The number of hydrogen-bond donors (Lipinski definition) is 2. The van der Waals surface area contributed by atoms with Crippen LogP contribution in [0.15, 0.2) is 146 Å². The molecule has 3 aromatic heterocycles. The highest BCUT2D eigenvalue weighted by Gasteiger charge is 2.50. The highest BCUT2D eigenvalue weighted by atomic mass is 31.2. The molecule has 0 radical (unpaired) electrons. The number of imidazole rings is 1. The quantitative estimate of drug-likeness (QED) is 0.0519. The molecule has 4 heterocycles. The second-order valence-electron chi connectivity index (χ2n) is 17.1. The summed E-state index contributed by atoms with van der Waals surface area (Å²) in [5, 5.41) is 15.6. The van der Waals surface area contributed by atoms with E-state index in [2.05, 4.69) is 57.6 Å². The number of carbonyl (C=O) groups is 1. The number of aliphatic hydroxyl groups excluding tert-OH is 1. The average Bonchev–Trinajstić information content (AvgIpc) is 3.95. The van der Waals surface area contributed by atoms with Gasteiger partial charge in [-0.3, -0.25) is 9.36 Å². The van der Waals surface area contributed by atoms with Crippen molar-refractivity contribution in [2.45, 2.75) is 69.9 Å². The van der Waals surface area contributed by atoms with Gasteiger partial charge in [0, 0.05) is 37.4 Å². The van der Waals surface area contributed by atoms with E-state index in [1.807, 2.05) is 115 Å². The van der Waals surface area contributed by atoms with Crippen LogP contribution in [-0.4, -0.2) is 112 Å². The first kappa shape index (κ1) is 49.1. The number of ether oxygens (including phenoxy) is 4. The van der Waals surface area contributed by atoms with Gasteiger partial charge in [-0.05, 0) is 92.9 Å². The predicted molar refractivity (Wildman–Crippen MR) is 265 cm³/mol. The lowest BCUT2D eigenvalue weighted by Gasteiger charge is -2.39. The summed E-state index contributed by atoms with van der Waals surface area (Å²) in [7, 11) is 3.40. The van der Waals surface area contributed by atoms with Crippen LogP contribution in [0.1, 0.15) is 61.0 Å². The number of rotatable bonds is 21. The molecule has 2 N–H and O–H groups in total. The van der Waals surface area contributed by atoms with Gasteiger partial charge in [-0.2, -0.15) is 0 Å². The maximum atomic E-state index is 13.3. The van der Waals surface area contributed by atoms with Crippen molar-refractivity contribution in [3.05, 3.63) is 168 Å². The molecule has 5 atom stereocenters. The van der Waals surface area contributed by atoms with Gasteiger partial charge in [0.1, 0.15) is 47.6 Å². The minimum Gasteiger partial charge on any atom is -0.497 e. The van der Waals surface area contributed by atoms with Crippen molar-refractivity contribution in [2.75, 3.05) is 51.2 Å². The lowest BCUT2D eigenvalue weighted by Crippen LogP contribution is -2.42. The Balaban J connectivity index is 1.19. The molecular weight excluding hydrogens is 896 g/mol. The first-order valence-corrected chi connectivity index (χ1v) is 24.0. The molecule has 4 aromatic carbocycles. The molecule has 7 aromatic rings. The zero-order valence-electron chi connectivity index (χ0n) is 39.8. The van der Waals surface area contributed by atoms with Crippen LogP contribution in [0, 0.1) is 0 Å². The second-order valence-corrected chi connectivity index (χ2v) is 18.5. The van der Waals surface area contributed by atoms with E-state index in [1.54, 1.807) is 49.2 Å². The van der Waals surface area contributed by atoms with Gasteiger partial charge >= 0.3 is 0 Å². The Bertz CT molecular complexity index is 2660. The summed E-state index contributed by atoms with van der Waals surface area (Å²) in [5.41, 5.74) is 2.38. The van der Waals surface area contributed by atoms with E-state index in [-0.39, 0.29) is 30.4 Å². The number of nitrogens with zero attached hydrogens (tertiary/aromatic N) is 7. The first-order valence-electron chi connectivity index (χ1n) is 22.9. The molecule has 1 unspecified atom stereocenters. The molecule has 0 saturated carbocycles. The molecule has 69 heavy (non-hydrogen) atoms.